The molecule has 1 aromatic heterocycles. The molecule has 0 radical (unpaired) electrons. The number of unbranched alkanes of at least 4 members (excludes halogenated alkanes) is 1. The van der Waals surface area contributed by atoms with Crippen molar-refractivity contribution in [1.29, 1.82) is 0 Å². The second-order valence-electron chi connectivity index (χ2n) is 5.58. The van der Waals surface area contributed by atoms with Crippen LogP contribution < -0.4 is 9.47 Å². The Morgan fingerprint density at radius 2 is 1.50 bits per heavy atom. The summed E-state index contributed by atoms with van der Waals surface area (Å²) in [6.45, 7) is 1.03. The summed E-state index contributed by atoms with van der Waals surface area (Å²) in [5, 5.41) is 0. The van der Waals surface area contributed by atoms with Gasteiger partial charge in [-0.1, -0.05) is 24.3 Å². The number of hydrogen-bond donors (Lipinski definition) is 0. The van der Waals surface area contributed by atoms with Crippen LogP contribution in [0.1, 0.15) is 24.0 Å². The van der Waals surface area contributed by atoms with Crippen LogP contribution in [0.15, 0.2) is 48.8 Å². The van der Waals surface area contributed by atoms with Crippen molar-refractivity contribution in [3.8, 4) is 0 Å². The van der Waals surface area contributed by atoms with E-state index in [1.54, 1.807) is 0 Å². The molecule has 0 N–H and O–H groups in total. The zero-order valence-electron chi connectivity index (χ0n) is 13.4. The summed E-state index contributed by atoms with van der Waals surface area (Å²) in [6, 6.07) is 12.8. The lowest BCUT2D eigenvalue weighted by Crippen LogP contribution is -2.32. The quantitative estimate of drug-likeness (QED) is 0.421. The van der Waals surface area contributed by atoms with Crippen molar-refractivity contribution in [2.45, 2.75) is 19.4 Å². The molecule has 2 rings (SSSR count). The first-order valence-corrected chi connectivity index (χ1v) is 8.23. The van der Waals surface area contributed by atoms with E-state index in [0.29, 0.717) is 0 Å². The second-order valence-corrected chi connectivity index (χ2v) is 5.96. The van der Waals surface area contributed by atoms with Crippen molar-refractivity contribution in [2.24, 2.45) is 0 Å². The van der Waals surface area contributed by atoms with Crippen LogP contribution in [-0.2, 0) is 6.54 Å². The Morgan fingerprint density at radius 1 is 0.909 bits per heavy atom. The van der Waals surface area contributed by atoms with Gasteiger partial charge in [0.25, 0.3) is 0 Å². The molecule has 0 aliphatic heterocycles. The maximum atomic E-state index is 5.70. The molecule has 116 valence electrons. The fourth-order valence-corrected chi connectivity index (χ4v) is 2.38. The Hall–Kier alpha value is -1.80. The largest absolute Gasteiger partial charge is 0.378 e. The molecule has 2 aromatic rings. The van der Waals surface area contributed by atoms with E-state index in [9.17, 15) is 0 Å². The molecule has 1 aromatic carbocycles. The van der Waals surface area contributed by atoms with Gasteiger partial charge in [0.05, 0.1) is 0 Å². The Morgan fingerprint density at radius 3 is 2.05 bits per heavy atom. The molecule has 0 aliphatic carbocycles. The first kappa shape index (κ1) is 16.6. The number of anilines is 1. The maximum absolute atomic E-state index is 5.70. The van der Waals surface area contributed by atoms with Crippen molar-refractivity contribution in [3.63, 3.8) is 0 Å². The van der Waals surface area contributed by atoms with Gasteiger partial charge in [0.15, 0.2) is 12.4 Å². The average Bonchev–Trinajstić information content (AvgIpc) is 2.55. The smallest absolute Gasteiger partial charge is 0.169 e. The number of benzene rings is 1. The Balaban J connectivity index is 1.94. The minimum absolute atomic E-state index is 0.744. The number of alkyl halides is 1. The predicted molar refractivity (Wildman–Crippen MR) is 96.3 cm³/mol. The fourth-order valence-electron chi connectivity index (χ4n) is 2.19. The highest BCUT2D eigenvalue weighted by molar-refractivity contribution is 6.17. The summed E-state index contributed by atoms with van der Waals surface area (Å²) in [5.74, 6) is 0.744. The van der Waals surface area contributed by atoms with Gasteiger partial charge in [-0.15, -0.1) is 11.6 Å². The van der Waals surface area contributed by atoms with Gasteiger partial charge in [-0.25, -0.2) is 4.57 Å². The molecule has 0 bridgehead atoms. The molecule has 0 saturated heterocycles. The van der Waals surface area contributed by atoms with E-state index in [4.69, 9.17) is 11.6 Å². The molecule has 22 heavy (non-hydrogen) atoms. The molecule has 0 atom stereocenters. The number of nitrogens with zero attached hydrogens (tertiary/aromatic N) is 2. The summed E-state index contributed by atoms with van der Waals surface area (Å²) in [6.07, 6.45) is 10.7. The van der Waals surface area contributed by atoms with E-state index in [1.165, 1.54) is 16.8 Å². The van der Waals surface area contributed by atoms with Crippen molar-refractivity contribution in [1.82, 2.24) is 0 Å². The summed E-state index contributed by atoms with van der Waals surface area (Å²) in [4.78, 5) is 2.10. The fraction of sp³-hybridized carbons (Fsp3) is 0.316. The number of hydrogen-bond acceptors (Lipinski definition) is 1. The lowest BCUT2D eigenvalue weighted by atomic mass is 10.1. The van der Waals surface area contributed by atoms with Crippen LogP contribution in [0, 0.1) is 0 Å². The number of pyridine rings is 1. The van der Waals surface area contributed by atoms with Crippen LogP contribution >= 0.6 is 11.6 Å². The highest BCUT2D eigenvalue weighted by Gasteiger charge is 1.99. The highest BCUT2D eigenvalue weighted by Crippen LogP contribution is 2.14. The minimum Gasteiger partial charge on any atom is -0.378 e. The number of rotatable bonds is 7. The molecule has 1 heterocycles. The van der Waals surface area contributed by atoms with E-state index >= 15 is 0 Å². The maximum Gasteiger partial charge on any atom is 0.169 e. The van der Waals surface area contributed by atoms with Crippen molar-refractivity contribution < 1.29 is 4.57 Å². The molecule has 3 heteroatoms. The van der Waals surface area contributed by atoms with Gasteiger partial charge in [0, 0.05) is 44.2 Å². The molecule has 2 nitrogen and oxygen atoms in total. The van der Waals surface area contributed by atoms with Crippen LogP contribution in [0.25, 0.3) is 12.2 Å². The van der Waals surface area contributed by atoms with E-state index in [2.05, 4.69) is 84.5 Å². The molecule has 0 fully saturated rings. The standard InChI is InChI=1S/C19H24ClN2/c1-21(2)19-9-7-17(8-10-19)5-6-18-11-15-22(16-12-18)14-4-3-13-20/h5-12,15-16H,3-4,13-14H2,1-2H3/q+1. The first-order chi connectivity index (χ1) is 10.7. The Labute approximate surface area is 138 Å². The Bertz CT molecular complexity index is 586. The minimum atomic E-state index is 0.744. The SMILES string of the molecule is CN(C)c1ccc(/C=C/c2cc[n+](CCCCCl)cc2)cc1. The van der Waals surface area contributed by atoms with Crippen LogP contribution in [-0.4, -0.2) is 20.0 Å². The summed E-state index contributed by atoms with van der Waals surface area (Å²) in [7, 11) is 4.11. The molecule has 0 spiro atoms. The van der Waals surface area contributed by atoms with Gasteiger partial charge in [0.2, 0.25) is 0 Å². The average molecular weight is 316 g/mol. The van der Waals surface area contributed by atoms with Gasteiger partial charge in [-0.2, -0.15) is 0 Å². The number of halogens is 1. The third-order valence-electron chi connectivity index (χ3n) is 3.59. The third kappa shape index (κ3) is 5.19. The van der Waals surface area contributed by atoms with Crippen molar-refractivity contribution in [3.05, 3.63) is 59.9 Å². The normalized spacial score (nSPS) is 11.0. The molecule has 0 unspecified atom stereocenters. The van der Waals surface area contributed by atoms with Crippen molar-refractivity contribution in [2.75, 3.05) is 24.9 Å². The first-order valence-electron chi connectivity index (χ1n) is 7.69. The molecular formula is C19H24ClN2+. The topological polar surface area (TPSA) is 7.12 Å². The summed E-state index contributed by atoms with van der Waals surface area (Å²) < 4.78 is 2.20. The van der Waals surface area contributed by atoms with Gasteiger partial charge in [0.1, 0.15) is 6.54 Å². The van der Waals surface area contributed by atoms with Gasteiger partial charge in [-0.05, 0) is 29.7 Å². The van der Waals surface area contributed by atoms with Gasteiger partial charge < -0.3 is 4.90 Å². The van der Waals surface area contributed by atoms with Crippen LogP contribution in [0.3, 0.4) is 0 Å². The van der Waals surface area contributed by atoms with E-state index < -0.39 is 0 Å². The second kappa shape index (κ2) is 8.60. The zero-order valence-corrected chi connectivity index (χ0v) is 14.1. The van der Waals surface area contributed by atoms with Gasteiger partial charge in [-0.3, -0.25) is 0 Å². The Kier molecular flexibility index (Phi) is 6.47. The number of aryl methyl sites for hydroxylation is 1. The lowest BCUT2D eigenvalue weighted by Gasteiger charge is -2.11. The van der Waals surface area contributed by atoms with Crippen molar-refractivity contribution >= 4 is 29.4 Å². The molecule has 0 amide bonds. The molecular weight excluding hydrogens is 292 g/mol. The summed E-state index contributed by atoms with van der Waals surface area (Å²) in [5.41, 5.74) is 3.64. The monoisotopic (exact) mass is 315 g/mol. The van der Waals surface area contributed by atoms with Crippen LogP contribution in [0.4, 0.5) is 5.69 Å². The lowest BCUT2D eigenvalue weighted by molar-refractivity contribution is -0.697. The van der Waals surface area contributed by atoms with Crippen LogP contribution in [0.2, 0.25) is 0 Å². The van der Waals surface area contributed by atoms with E-state index in [-0.39, 0.29) is 0 Å². The molecule has 0 aliphatic rings. The number of aromatic nitrogens is 1. The van der Waals surface area contributed by atoms with E-state index in [1.807, 2.05) is 0 Å². The zero-order chi connectivity index (χ0) is 15.8. The summed E-state index contributed by atoms with van der Waals surface area (Å²) >= 11 is 5.70. The molecule has 0 saturated carbocycles. The predicted octanol–water partition coefficient (Wildman–Crippen LogP) is 4.23. The third-order valence-corrected chi connectivity index (χ3v) is 3.86. The highest BCUT2D eigenvalue weighted by atomic mass is 35.5. The van der Waals surface area contributed by atoms with E-state index in [0.717, 1.165) is 25.3 Å². The van der Waals surface area contributed by atoms with Crippen LogP contribution in [0.5, 0.6) is 0 Å². The van der Waals surface area contributed by atoms with Gasteiger partial charge >= 0.3 is 0 Å².